The lowest BCUT2D eigenvalue weighted by Gasteiger charge is -2.40. The monoisotopic (exact) mass is 275 g/mol. The molecule has 0 aromatic carbocycles. The highest BCUT2D eigenvalue weighted by atomic mass is 32.2. The standard InChI is InChI=1S/C14H29NO2S/c1-4-18(16,17)10-9-14(11-15)7-5-13(6-8-14)12(2)3/h12-13H,4-11,15H2,1-3H3. The first kappa shape index (κ1) is 16.0. The number of nitrogens with two attached hydrogens (primary N) is 1. The molecule has 1 saturated carbocycles. The highest BCUT2D eigenvalue weighted by Gasteiger charge is 2.35. The van der Waals surface area contributed by atoms with Crippen LogP contribution in [0.2, 0.25) is 0 Å². The Morgan fingerprint density at radius 2 is 1.83 bits per heavy atom. The van der Waals surface area contributed by atoms with Gasteiger partial charge in [-0.15, -0.1) is 0 Å². The summed E-state index contributed by atoms with van der Waals surface area (Å²) in [5.74, 6) is 2.10. The lowest BCUT2D eigenvalue weighted by atomic mass is 9.67. The molecule has 18 heavy (non-hydrogen) atoms. The minimum absolute atomic E-state index is 0.0909. The van der Waals surface area contributed by atoms with E-state index in [1.165, 1.54) is 12.8 Å². The molecule has 2 N–H and O–H groups in total. The smallest absolute Gasteiger partial charge is 0.150 e. The molecular weight excluding hydrogens is 246 g/mol. The molecule has 1 fully saturated rings. The van der Waals surface area contributed by atoms with Crippen LogP contribution in [0.4, 0.5) is 0 Å². The van der Waals surface area contributed by atoms with E-state index in [1.807, 2.05) is 0 Å². The van der Waals surface area contributed by atoms with Crippen molar-refractivity contribution in [1.82, 2.24) is 0 Å². The Morgan fingerprint density at radius 1 is 1.28 bits per heavy atom. The Morgan fingerprint density at radius 3 is 2.22 bits per heavy atom. The van der Waals surface area contributed by atoms with E-state index in [-0.39, 0.29) is 11.2 Å². The molecule has 0 spiro atoms. The van der Waals surface area contributed by atoms with Gasteiger partial charge in [0, 0.05) is 5.75 Å². The summed E-state index contributed by atoms with van der Waals surface area (Å²) in [4.78, 5) is 0. The van der Waals surface area contributed by atoms with Crippen molar-refractivity contribution in [2.45, 2.75) is 52.9 Å². The first-order chi connectivity index (χ1) is 8.34. The van der Waals surface area contributed by atoms with Crippen LogP contribution in [-0.4, -0.2) is 26.5 Å². The molecule has 0 saturated heterocycles. The molecular formula is C14H29NO2S. The summed E-state index contributed by atoms with van der Waals surface area (Å²) in [7, 11) is -2.85. The highest BCUT2D eigenvalue weighted by molar-refractivity contribution is 7.91. The van der Waals surface area contributed by atoms with Gasteiger partial charge in [-0.3, -0.25) is 0 Å². The number of hydrogen-bond donors (Lipinski definition) is 1. The van der Waals surface area contributed by atoms with Crippen LogP contribution in [0.15, 0.2) is 0 Å². The molecule has 0 radical (unpaired) electrons. The lowest BCUT2D eigenvalue weighted by Crippen LogP contribution is -2.37. The fourth-order valence-corrected chi connectivity index (χ4v) is 4.02. The van der Waals surface area contributed by atoms with Gasteiger partial charge in [0.05, 0.1) is 5.75 Å². The molecule has 1 rings (SSSR count). The quantitative estimate of drug-likeness (QED) is 0.810. The number of rotatable bonds is 6. The largest absolute Gasteiger partial charge is 0.330 e. The van der Waals surface area contributed by atoms with Crippen LogP contribution in [0.5, 0.6) is 0 Å². The van der Waals surface area contributed by atoms with E-state index in [4.69, 9.17) is 5.73 Å². The summed E-state index contributed by atoms with van der Waals surface area (Å²) in [5, 5.41) is 0. The second-order valence-corrected chi connectivity index (χ2v) is 8.74. The molecule has 1 aliphatic rings. The van der Waals surface area contributed by atoms with Crippen LogP contribution >= 0.6 is 0 Å². The summed E-state index contributed by atoms with van der Waals surface area (Å²) in [6.45, 7) is 6.92. The summed E-state index contributed by atoms with van der Waals surface area (Å²) in [6.07, 6.45) is 5.38. The van der Waals surface area contributed by atoms with Gasteiger partial charge in [0.1, 0.15) is 9.84 Å². The van der Waals surface area contributed by atoms with Crippen LogP contribution in [0.3, 0.4) is 0 Å². The van der Waals surface area contributed by atoms with Crippen LogP contribution in [-0.2, 0) is 9.84 Å². The van der Waals surface area contributed by atoms with Crippen molar-refractivity contribution >= 4 is 9.84 Å². The van der Waals surface area contributed by atoms with Crippen molar-refractivity contribution < 1.29 is 8.42 Å². The Kier molecular flexibility index (Phi) is 5.66. The average molecular weight is 275 g/mol. The van der Waals surface area contributed by atoms with Crippen molar-refractivity contribution in [1.29, 1.82) is 0 Å². The molecule has 0 amide bonds. The van der Waals surface area contributed by atoms with E-state index < -0.39 is 9.84 Å². The topological polar surface area (TPSA) is 60.2 Å². The molecule has 0 unspecified atom stereocenters. The second kappa shape index (κ2) is 6.38. The van der Waals surface area contributed by atoms with Crippen LogP contribution < -0.4 is 5.73 Å². The highest BCUT2D eigenvalue weighted by Crippen LogP contribution is 2.43. The number of sulfone groups is 1. The Hall–Kier alpha value is -0.0900. The van der Waals surface area contributed by atoms with Gasteiger partial charge in [0.25, 0.3) is 0 Å². The molecule has 0 aromatic heterocycles. The Labute approximate surface area is 112 Å². The summed E-state index contributed by atoms with van der Waals surface area (Å²) < 4.78 is 23.3. The summed E-state index contributed by atoms with van der Waals surface area (Å²) in [5.41, 5.74) is 6.03. The fourth-order valence-electron chi connectivity index (χ4n) is 2.99. The third kappa shape index (κ3) is 4.23. The van der Waals surface area contributed by atoms with Gasteiger partial charge < -0.3 is 5.73 Å². The Balaban J connectivity index is 2.56. The zero-order valence-electron chi connectivity index (χ0n) is 12.1. The first-order valence-corrected chi connectivity index (χ1v) is 9.07. The van der Waals surface area contributed by atoms with E-state index in [0.717, 1.165) is 31.1 Å². The minimum atomic E-state index is -2.85. The third-order valence-corrected chi connectivity index (χ3v) is 6.56. The first-order valence-electron chi connectivity index (χ1n) is 7.24. The summed E-state index contributed by atoms with van der Waals surface area (Å²) >= 11 is 0. The van der Waals surface area contributed by atoms with Crippen molar-refractivity contribution in [3.8, 4) is 0 Å². The van der Waals surface area contributed by atoms with E-state index in [1.54, 1.807) is 6.92 Å². The third-order valence-electron chi connectivity index (χ3n) is 4.85. The van der Waals surface area contributed by atoms with E-state index in [2.05, 4.69) is 13.8 Å². The van der Waals surface area contributed by atoms with Gasteiger partial charge in [-0.25, -0.2) is 8.42 Å². The molecule has 3 nitrogen and oxygen atoms in total. The molecule has 0 atom stereocenters. The van der Waals surface area contributed by atoms with E-state index in [9.17, 15) is 8.42 Å². The SMILES string of the molecule is CCS(=O)(=O)CCC1(CN)CCC(C(C)C)CC1. The second-order valence-electron chi connectivity index (χ2n) is 6.27. The van der Waals surface area contributed by atoms with Gasteiger partial charge in [0.2, 0.25) is 0 Å². The van der Waals surface area contributed by atoms with Crippen LogP contribution in [0, 0.1) is 17.3 Å². The van der Waals surface area contributed by atoms with Crippen molar-refractivity contribution in [2.75, 3.05) is 18.1 Å². The van der Waals surface area contributed by atoms with E-state index in [0.29, 0.717) is 12.3 Å². The van der Waals surface area contributed by atoms with Crippen LogP contribution in [0.25, 0.3) is 0 Å². The number of hydrogen-bond acceptors (Lipinski definition) is 3. The maximum Gasteiger partial charge on any atom is 0.150 e. The lowest BCUT2D eigenvalue weighted by molar-refractivity contribution is 0.129. The zero-order chi connectivity index (χ0) is 13.8. The van der Waals surface area contributed by atoms with Crippen molar-refractivity contribution in [2.24, 2.45) is 23.0 Å². The summed E-state index contributed by atoms with van der Waals surface area (Å²) in [6, 6.07) is 0. The molecule has 0 aliphatic heterocycles. The minimum Gasteiger partial charge on any atom is -0.330 e. The van der Waals surface area contributed by atoms with Gasteiger partial charge in [-0.05, 0) is 55.9 Å². The van der Waals surface area contributed by atoms with Gasteiger partial charge >= 0.3 is 0 Å². The maximum absolute atomic E-state index is 11.6. The average Bonchev–Trinajstić information content (AvgIpc) is 2.37. The normalized spacial score (nSPS) is 29.7. The van der Waals surface area contributed by atoms with Gasteiger partial charge in [-0.2, -0.15) is 0 Å². The van der Waals surface area contributed by atoms with Gasteiger partial charge in [0.15, 0.2) is 0 Å². The predicted octanol–water partition coefficient (Wildman–Crippen LogP) is 2.60. The zero-order valence-corrected chi connectivity index (χ0v) is 12.9. The van der Waals surface area contributed by atoms with E-state index >= 15 is 0 Å². The molecule has 108 valence electrons. The Bertz CT molecular complexity index is 341. The predicted molar refractivity (Wildman–Crippen MR) is 77.2 cm³/mol. The molecule has 0 aromatic rings. The van der Waals surface area contributed by atoms with Crippen molar-refractivity contribution in [3.63, 3.8) is 0 Å². The molecule has 0 bridgehead atoms. The maximum atomic E-state index is 11.6. The molecule has 1 aliphatic carbocycles. The van der Waals surface area contributed by atoms with Gasteiger partial charge in [-0.1, -0.05) is 20.8 Å². The van der Waals surface area contributed by atoms with Crippen molar-refractivity contribution in [3.05, 3.63) is 0 Å². The molecule has 0 heterocycles. The fraction of sp³-hybridized carbons (Fsp3) is 1.00. The van der Waals surface area contributed by atoms with Crippen LogP contribution in [0.1, 0.15) is 52.9 Å². The molecule has 4 heteroatoms.